The molecule has 1 unspecified atom stereocenters. The third kappa shape index (κ3) is 4.75. The number of benzene rings is 2. The van der Waals surface area contributed by atoms with E-state index in [0.717, 1.165) is 10.5 Å². The summed E-state index contributed by atoms with van der Waals surface area (Å²) in [5.74, 6) is -0.638. The minimum atomic E-state index is -0.703. The fraction of sp³-hybridized carbons (Fsp3) is 0.320. The second-order valence-electron chi connectivity index (χ2n) is 8.10. The summed E-state index contributed by atoms with van der Waals surface area (Å²) in [5, 5.41) is 9.04. The molecule has 4 amide bonds. The Balaban J connectivity index is 1.60. The first kappa shape index (κ1) is 23.7. The fourth-order valence-corrected chi connectivity index (χ4v) is 4.72. The predicted octanol–water partition coefficient (Wildman–Crippen LogP) is 3.09. The Hall–Kier alpha value is -3.46. The number of hydrogen-bond acceptors (Lipinski definition) is 6. The van der Waals surface area contributed by atoms with E-state index >= 15 is 0 Å². The summed E-state index contributed by atoms with van der Waals surface area (Å²) in [4.78, 5) is 42.1. The molecule has 2 heterocycles. The van der Waals surface area contributed by atoms with Gasteiger partial charge in [-0.05, 0) is 43.9 Å². The zero-order valence-corrected chi connectivity index (χ0v) is 20.3. The molecule has 0 radical (unpaired) electrons. The van der Waals surface area contributed by atoms with Crippen molar-refractivity contribution in [3.05, 3.63) is 60.2 Å². The largest absolute Gasteiger partial charge is 0.501 e. The van der Waals surface area contributed by atoms with Gasteiger partial charge < -0.3 is 5.32 Å². The Morgan fingerprint density at radius 1 is 1.15 bits per heavy atom. The highest BCUT2D eigenvalue weighted by molar-refractivity contribution is 7.98. The molecular weight excluding hydrogens is 450 g/mol. The Kier molecular flexibility index (Phi) is 7.12. The van der Waals surface area contributed by atoms with Crippen LogP contribution in [0, 0.1) is 0 Å². The lowest BCUT2D eigenvalue weighted by Crippen LogP contribution is -2.61. The number of likely N-dealkylation sites (N-methyl/N-ethyl adjacent to an activating group) is 1. The van der Waals surface area contributed by atoms with E-state index in [1.54, 1.807) is 23.7 Å². The van der Waals surface area contributed by atoms with Gasteiger partial charge in [0.1, 0.15) is 12.3 Å². The van der Waals surface area contributed by atoms with E-state index in [1.165, 1.54) is 9.48 Å². The number of fused-ring (bicyclic) bond motifs is 1. The van der Waals surface area contributed by atoms with E-state index in [2.05, 4.69) is 10.4 Å². The van der Waals surface area contributed by atoms with Crippen LogP contribution in [0.1, 0.15) is 19.4 Å². The number of imide groups is 1. The van der Waals surface area contributed by atoms with Crippen molar-refractivity contribution in [1.82, 2.24) is 9.91 Å². The molecule has 176 valence electrons. The van der Waals surface area contributed by atoms with E-state index in [0.29, 0.717) is 30.1 Å². The number of carbonyl (C=O) groups is 3. The van der Waals surface area contributed by atoms with Crippen molar-refractivity contribution in [2.24, 2.45) is 5.10 Å². The number of hydrogen-bond donors (Lipinski definition) is 1. The van der Waals surface area contributed by atoms with Gasteiger partial charge in [-0.25, -0.2) is 4.79 Å². The molecule has 2 aliphatic rings. The molecule has 0 saturated heterocycles. The number of amides is 4. The first-order valence-electron chi connectivity index (χ1n) is 11.2. The van der Waals surface area contributed by atoms with E-state index in [-0.39, 0.29) is 24.9 Å². The number of urea groups is 1. The van der Waals surface area contributed by atoms with Gasteiger partial charge in [-0.1, -0.05) is 36.4 Å². The van der Waals surface area contributed by atoms with Crippen LogP contribution in [-0.4, -0.2) is 75.7 Å². The molecule has 4 rings (SSSR count). The lowest BCUT2D eigenvalue weighted by molar-refractivity contribution is -0.426. The highest BCUT2D eigenvalue weighted by atomic mass is 32.2. The van der Waals surface area contributed by atoms with Crippen LogP contribution >= 0.6 is 11.8 Å². The number of carbonyl (C=O) groups excluding carboxylic acids is 3. The molecule has 0 fully saturated rings. The maximum atomic E-state index is 13.5. The molecule has 8 nitrogen and oxygen atoms in total. The van der Waals surface area contributed by atoms with Gasteiger partial charge in [-0.2, -0.15) is 19.4 Å². The monoisotopic (exact) mass is 478 g/mol. The highest BCUT2D eigenvalue weighted by Gasteiger charge is 2.54. The van der Waals surface area contributed by atoms with Crippen molar-refractivity contribution in [2.45, 2.75) is 31.2 Å². The quantitative estimate of drug-likeness (QED) is 0.466. The van der Waals surface area contributed by atoms with Crippen molar-refractivity contribution in [3.63, 3.8) is 0 Å². The van der Waals surface area contributed by atoms with E-state index < -0.39 is 12.1 Å². The van der Waals surface area contributed by atoms with Gasteiger partial charge in [0.25, 0.3) is 5.91 Å². The average molecular weight is 479 g/mol. The molecule has 34 heavy (non-hydrogen) atoms. The number of nitrogens with zero attached hydrogens (tertiary/aromatic N) is 4. The van der Waals surface area contributed by atoms with Gasteiger partial charge in [-0.3, -0.25) is 9.80 Å². The SMILES string of the molecule is CCN1N=C(C)C2=[N+](CC(=O)Nc3cccc(SC)c3)C(=O)N(CCc3ccccc3)C(=O)C21. The van der Waals surface area contributed by atoms with Crippen LogP contribution in [0.5, 0.6) is 0 Å². The molecule has 2 aliphatic heterocycles. The maximum Gasteiger partial charge on any atom is 0.501 e. The minimum absolute atomic E-state index is 0.201. The zero-order chi connectivity index (χ0) is 24.2. The summed E-state index contributed by atoms with van der Waals surface area (Å²) in [5.41, 5.74) is 2.75. The zero-order valence-electron chi connectivity index (χ0n) is 19.5. The summed E-state index contributed by atoms with van der Waals surface area (Å²) in [7, 11) is 0. The number of rotatable bonds is 8. The van der Waals surface area contributed by atoms with Crippen molar-refractivity contribution in [2.75, 3.05) is 31.2 Å². The van der Waals surface area contributed by atoms with Crippen LogP contribution < -0.4 is 5.32 Å². The summed E-state index contributed by atoms with van der Waals surface area (Å²) < 4.78 is 1.40. The van der Waals surface area contributed by atoms with Crippen LogP contribution in [0.3, 0.4) is 0 Å². The standard InChI is InChI=1S/C25H27N5O3S/c1-4-30-23-22(17(2)27-30)29(16-21(31)26-19-11-8-12-20(15-19)34-3)25(33)28(24(23)32)14-13-18-9-6-5-7-10-18/h5-12,15,23H,4,13-14,16H2,1-3H3/p+1. The fourth-order valence-electron chi connectivity index (χ4n) is 4.26. The topological polar surface area (TPSA) is 85.1 Å². The Bertz CT molecular complexity index is 1180. The lowest BCUT2D eigenvalue weighted by atomic mass is 10.0. The first-order chi connectivity index (χ1) is 16.4. The van der Waals surface area contributed by atoms with Crippen molar-refractivity contribution in [1.29, 1.82) is 0 Å². The molecule has 0 aliphatic carbocycles. The summed E-state index contributed by atoms with van der Waals surface area (Å²) >= 11 is 1.58. The minimum Gasteiger partial charge on any atom is -0.323 e. The third-order valence-electron chi connectivity index (χ3n) is 5.90. The molecule has 0 bridgehead atoms. The van der Waals surface area contributed by atoms with Crippen molar-refractivity contribution < 1.29 is 19.0 Å². The molecule has 0 saturated carbocycles. The van der Waals surface area contributed by atoms with Gasteiger partial charge in [0.15, 0.2) is 12.3 Å². The van der Waals surface area contributed by atoms with Crippen LogP contribution in [0.2, 0.25) is 0 Å². The Morgan fingerprint density at radius 2 is 1.91 bits per heavy atom. The highest BCUT2D eigenvalue weighted by Crippen LogP contribution is 2.22. The molecule has 1 atom stereocenters. The molecule has 9 heteroatoms. The summed E-state index contributed by atoms with van der Waals surface area (Å²) in [6.07, 6.45) is 2.50. The second kappa shape index (κ2) is 10.2. The molecule has 2 aromatic carbocycles. The summed E-state index contributed by atoms with van der Waals surface area (Å²) in [6, 6.07) is 16.0. The van der Waals surface area contributed by atoms with Crippen molar-refractivity contribution >= 4 is 46.7 Å². The van der Waals surface area contributed by atoms with E-state index in [9.17, 15) is 14.4 Å². The van der Waals surface area contributed by atoms with Crippen molar-refractivity contribution in [3.8, 4) is 0 Å². The van der Waals surface area contributed by atoms with Gasteiger partial charge in [0, 0.05) is 23.5 Å². The first-order valence-corrected chi connectivity index (χ1v) is 12.4. The van der Waals surface area contributed by atoms with Crippen LogP contribution in [-0.2, 0) is 16.0 Å². The van der Waals surface area contributed by atoms with Gasteiger partial charge in [0.2, 0.25) is 6.04 Å². The number of anilines is 1. The Labute approximate surface area is 203 Å². The smallest absolute Gasteiger partial charge is 0.323 e. The van der Waals surface area contributed by atoms with E-state index in [4.69, 9.17) is 0 Å². The normalized spacial score (nSPS) is 17.7. The summed E-state index contributed by atoms with van der Waals surface area (Å²) in [6.45, 7) is 4.22. The van der Waals surface area contributed by atoms with Gasteiger partial charge in [0.05, 0.1) is 0 Å². The van der Waals surface area contributed by atoms with Crippen LogP contribution in [0.4, 0.5) is 10.5 Å². The van der Waals surface area contributed by atoms with Gasteiger partial charge >= 0.3 is 11.9 Å². The number of hydrazone groups is 1. The third-order valence-corrected chi connectivity index (χ3v) is 6.63. The number of nitrogens with one attached hydrogen (secondary N) is 1. The van der Waals surface area contributed by atoms with E-state index in [1.807, 2.05) is 67.8 Å². The Morgan fingerprint density at radius 3 is 2.62 bits per heavy atom. The maximum absolute atomic E-state index is 13.5. The lowest BCUT2D eigenvalue weighted by Gasteiger charge is -2.28. The molecule has 0 aromatic heterocycles. The molecular formula is C25H28N5O3S+. The van der Waals surface area contributed by atoms with Crippen LogP contribution in [0.15, 0.2) is 64.6 Å². The molecule has 1 N–H and O–H groups in total. The van der Waals surface area contributed by atoms with Gasteiger partial charge in [-0.15, -0.1) is 11.8 Å². The predicted molar refractivity (Wildman–Crippen MR) is 134 cm³/mol. The molecule has 0 spiro atoms. The van der Waals surface area contributed by atoms with Crippen LogP contribution in [0.25, 0.3) is 0 Å². The second-order valence-corrected chi connectivity index (χ2v) is 8.98. The molecule has 2 aromatic rings. The number of thioether (sulfide) groups is 1. The average Bonchev–Trinajstić information content (AvgIpc) is 3.18.